The van der Waals surface area contributed by atoms with Crippen molar-refractivity contribution in [1.82, 2.24) is 4.90 Å². The van der Waals surface area contributed by atoms with Crippen molar-refractivity contribution in [2.75, 3.05) is 36.4 Å². The molecule has 218 valence electrons. The van der Waals surface area contributed by atoms with Crippen LogP contribution in [-0.4, -0.2) is 57.8 Å². The van der Waals surface area contributed by atoms with Gasteiger partial charge in [-0.2, -0.15) is 0 Å². The monoisotopic (exact) mass is 577 g/mol. The van der Waals surface area contributed by atoms with Gasteiger partial charge in [0.15, 0.2) is 0 Å². The number of anilines is 2. The summed E-state index contributed by atoms with van der Waals surface area (Å²) in [5.41, 5.74) is 8.13. The summed E-state index contributed by atoms with van der Waals surface area (Å²) in [6.07, 6.45) is 2.16. The summed E-state index contributed by atoms with van der Waals surface area (Å²) < 4.78 is 34.1. The Morgan fingerprint density at radius 1 is 1.07 bits per heavy atom. The first kappa shape index (κ1) is 30.1. The summed E-state index contributed by atoms with van der Waals surface area (Å²) in [5.74, 6) is 0.754. The molecule has 4 rings (SSSR count). The van der Waals surface area contributed by atoms with Gasteiger partial charge in [-0.25, -0.2) is 8.42 Å². The van der Waals surface area contributed by atoms with E-state index in [4.69, 9.17) is 15.9 Å². The second-order valence-electron chi connectivity index (χ2n) is 10.5. The highest BCUT2D eigenvalue weighted by atomic mass is 32.2. The lowest BCUT2D eigenvalue weighted by Gasteiger charge is -2.38. The Morgan fingerprint density at radius 2 is 1.76 bits per heavy atom. The van der Waals surface area contributed by atoms with E-state index < -0.39 is 10.0 Å². The minimum Gasteiger partial charge on any atom is -0.497 e. The quantitative estimate of drug-likeness (QED) is 0.216. The number of amides is 1. The highest BCUT2D eigenvalue weighted by Gasteiger charge is 2.30. The lowest BCUT2D eigenvalue weighted by atomic mass is 9.92. The number of likely N-dealkylation sites (tertiary alicyclic amines) is 1. The fourth-order valence-electron chi connectivity index (χ4n) is 5.17. The molecular weight excluding hydrogens is 538 g/mol. The summed E-state index contributed by atoms with van der Waals surface area (Å²) >= 11 is 0. The molecular formula is C31H39N5O4S. The molecule has 0 aromatic heterocycles. The van der Waals surface area contributed by atoms with Crippen molar-refractivity contribution in [3.8, 4) is 5.75 Å². The molecule has 0 saturated carbocycles. The number of hydrogen-bond acceptors (Lipinski definition) is 6. The summed E-state index contributed by atoms with van der Waals surface area (Å²) in [6, 6.07) is 23.2. The van der Waals surface area contributed by atoms with Crippen LogP contribution >= 0.6 is 0 Å². The van der Waals surface area contributed by atoms with Crippen LogP contribution in [0, 0.1) is 11.3 Å². The number of nitrogens with zero attached hydrogens (tertiary/aromatic N) is 2. The number of amidine groups is 1. The third-order valence-corrected chi connectivity index (χ3v) is 9.25. The van der Waals surface area contributed by atoms with Crippen molar-refractivity contribution in [1.29, 1.82) is 5.41 Å². The van der Waals surface area contributed by atoms with Gasteiger partial charge in [-0.15, -0.1) is 0 Å². The number of ether oxygens (including phenoxy) is 1. The Hall–Kier alpha value is -3.89. The molecule has 4 N–H and O–H groups in total. The van der Waals surface area contributed by atoms with Crippen molar-refractivity contribution in [2.45, 2.75) is 38.0 Å². The molecule has 3 aromatic rings. The number of rotatable bonds is 12. The standard InChI is InChI=1S/C31H39N5O4S/c1-23(35-17-15-24(16-18-35)19-30(37)34-27-11-13-29(40-2)14-12-27)21-36(28-10-6-9-26(20-28)31(32)33)41(38,39)22-25-7-4-3-5-8-25/h3-14,20,23-24H,15-19,21-22H2,1-2H3,(H3,32,33)(H,34,37)/t23-/m1/s1. The zero-order valence-electron chi connectivity index (χ0n) is 23.6. The van der Waals surface area contributed by atoms with Gasteiger partial charge in [0.05, 0.1) is 18.6 Å². The maximum Gasteiger partial charge on any atom is 0.239 e. The number of carbonyl (C=O) groups is 1. The van der Waals surface area contributed by atoms with E-state index in [0.717, 1.165) is 37.4 Å². The van der Waals surface area contributed by atoms with Crippen LogP contribution < -0.4 is 20.1 Å². The Morgan fingerprint density at radius 3 is 2.39 bits per heavy atom. The van der Waals surface area contributed by atoms with Crippen LogP contribution in [0.3, 0.4) is 0 Å². The van der Waals surface area contributed by atoms with Crippen molar-refractivity contribution < 1.29 is 17.9 Å². The molecule has 1 saturated heterocycles. The molecule has 41 heavy (non-hydrogen) atoms. The zero-order valence-corrected chi connectivity index (χ0v) is 24.4. The number of sulfonamides is 1. The van der Waals surface area contributed by atoms with Gasteiger partial charge in [-0.1, -0.05) is 42.5 Å². The average molecular weight is 578 g/mol. The van der Waals surface area contributed by atoms with E-state index >= 15 is 0 Å². The average Bonchev–Trinajstić information content (AvgIpc) is 2.96. The number of nitrogens with one attached hydrogen (secondary N) is 2. The molecule has 10 heteroatoms. The highest BCUT2D eigenvalue weighted by molar-refractivity contribution is 7.92. The fraction of sp³-hybridized carbons (Fsp3) is 0.355. The van der Waals surface area contributed by atoms with E-state index in [1.54, 1.807) is 43.5 Å². The molecule has 3 aromatic carbocycles. The Balaban J connectivity index is 1.39. The first-order valence-corrected chi connectivity index (χ1v) is 15.4. The molecule has 0 bridgehead atoms. The maximum absolute atomic E-state index is 13.7. The molecule has 9 nitrogen and oxygen atoms in total. The van der Waals surface area contributed by atoms with E-state index in [2.05, 4.69) is 10.2 Å². The number of nitrogen functional groups attached to an aromatic ring is 1. The van der Waals surface area contributed by atoms with E-state index in [1.807, 2.05) is 49.4 Å². The third-order valence-electron chi connectivity index (χ3n) is 7.52. The number of piperidine rings is 1. The molecule has 0 radical (unpaired) electrons. The van der Waals surface area contributed by atoms with Crippen molar-refractivity contribution in [3.05, 3.63) is 90.0 Å². The van der Waals surface area contributed by atoms with E-state index in [0.29, 0.717) is 23.2 Å². The normalized spacial score (nSPS) is 15.2. The van der Waals surface area contributed by atoms with Crippen LogP contribution in [0.4, 0.5) is 11.4 Å². The molecule has 1 aliphatic rings. The van der Waals surface area contributed by atoms with Gasteiger partial charge < -0.3 is 15.8 Å². The molecule has 1 heterocycles. The number of carbonyl (C=O) groups excluding carboxylic acids is 1. The van der Waals surface area contributed by atoms with E-state index in [-0.39, 0.29) is 36.0 Å². The topological polar surface area (TPSA) is 129 Å². The predicted molar refractivity (Wildman–Crippen MR) is 164 cm³/mol. The Kier molecular flexibility index (Phi) is 10.0. The van der Waals surface area contributed by atoms with Gasteiger partial charge in [0.1, 0.15) is 11.6 Å². The second-order valence-corrected chi connectivity index (χ2v) is 12.4. The first-order valence-electron chi connectivity index (χ1n) is 13.8. The fourth-order valence-corrected chi connectivity index (χ4v) is 6.82. The lowest BCUT2D eigenvalue weighted by molar-refractivity contribution is -0.117. The maximum atomic E-state index is 13.7. The van der Waals surface area contributed by atoms with Crippen LogP contribution in [0.15, 0.2) is 78.9 Å². The highest BCUT2D eigenvalue weighted by Crippen LogP contribution is 2.27. The molecule has 1 atom stereocenters. The minimum atomic E-state index is -3.73. The largest absolute Gasteiger partial charge is 0.497 e. The summed E-state index contributed by atoms with van der Waals surface area (Å²) in [6.45, 7) is 3.86. The minimum absolute atomic E-state index is 0.00908. The van der Waals surface area contributed by atoms with E-state index in [1.165, 1.54) is 4.31 Å². The first-order chi connectivity index (χ1) is 19.6. The second kappa shape index (κ2) is 13.6. The Bertz CT molecular complexity index is 1420. The van der Waals surface area contributed by atoms with E-state index in [9.17, 15) is 13.2 Å². The van der Waals surface area contributed by atoms with Crippen LogP contribution in [0.1, 0.15) is 37.3 Å². The number of methoxy groups -OCH3 is 1. The van der Waals surface area contributed by atoms with Crippen LogP contribution in [0.2, 0.25) is 0 Å². The van der Waals surface area contributed by atoms with Gasteiger partial charge in [0.25, 0.3) is 0 Å². The summed E-state index contributed by atoms with van der Waals surface area (Å²) in [4.78, 5) is 14.9. The third kappa shape index (κ3) is 8.31. The lowest BCUT2D eigenvalue weighted by Crippen LogP contribution is -2.48. The summed E-state index contributed by atoms with van der Waals surface area (Å²) in [5, 5.41) is 10.8. The number of hydrogen-bond donors (Lipinski definition) is 3. The van der Waals surface area contributed by atoms with Gasteiger partial charge in [-0.3, -0.25) is 19.4 Å². The van der Waals surface area contributed by atoms with Gasteiger partial charge in [0, 0.05) is 30.3 Å². The van der Waals surface area contributed by atoms with Crippen LogP contribution in [0.5, 0.6) is 5.75 Å². The smallest absolute Gasteiger partial charge is 0.239 e. The van der Waals surface area contributed by atoms with Crippen LogP contribution in [0.25, 0.3) is 0 Å². The van der Waals surface area contributed by atoms with Crippen molar-refractivity contribution in [2.24, 2.45) is 11.7 Å². The van der Waals surface area contributed by atoms with Gasteiger partial charge >= 0.3 is 0 Å². The molecule has 1 aliphatic heterocycles. The summed E-state index contributed by atoms with van der Waals surface area (Å²) in [7, 11) is -2.13. The Labute approximate surface area is 242 Å². The van der Waals surface area contributed by atoms with Gasteiger partial charge in [-0.05, 0) is 80.7 Å². The van der Waals surface area contributed by atoms with Crippen LogP contribution in [-0.2, 0) is 20.6 Å². The predicted octanol–water partition coefficient (Wildman–Crippen LogP) is 4.44. The molecule has 1 fully saturated rings. The zero-order chi connectivity index (χ0) is 29.4. The molecule has 0 unspecified atom stereocenters. The molecule has 0 spiro atoms. The number of benzene rings is 3. The van der Waals surface area contributed by atoms with Gasteiger partial charge in [0.2, 0.25) is 15.9 Å². The van der Waals surface area contributed by atoms with Crippen molar-refractivity contribution in [3.63, 3.8) is 0 Å². The number of nitrogens with two attached hydrogens (primary N) is 1. The van der Waals surface area contributed by atoms with Crippen molar-refractivity contribution >= 4 is 33.1 Å². The molecule has 0 aliphatic carbocycles. The SMILES string of the molecule is COc1ccc(NC(=O)CC2CCN([C@H](C)CN(c3cccc(C(=N)N)c3)S(=O)(=O)Cc3ccccc3)CC2)cc1. The molecule has 1 amide bonds.